The molecule has 1 fully saturated rings. The number of aryl methyl sites for hydroxylation is 1. The molecule has 0 radical (unpaired) electrons. The molecule has 0 aliphatic carbocycles. The maximum Gasteiger partial charge on any atom is 0.341 e. The van der Waals surface area contributed by atoms with E-state index in [-0.39, 0.29) is 5.97 Å². The van der Waals surface area contributed by atoms with Crippen LogP contribution in [-0.2, 0) is 4.74 Å². The molecular weight excluding hydrogens is 280 g/mol. The minimum absolute atomic E-state index is 0.353. The zero-order valence-corrected chi connectivity index (χ0v) is 13.2. The number of anilines is 1. The second-order valence-electron chi connectivity index (χ2n) is 5.70. The number of carbonyl (C=O) groups is 1. The van der Waals surface area contributed by atoms with Crippen LogP contribution in [0.5, 0.6) is 0 Å². The van der Waals surface area contributed by atoms with Gasteiger partial charge in [-0.1, -0.05) is 12.2 Å². The van der Waals surface area contributed by atoms with Crippen molar-refractivity contribution in [1.29, 1.82) is 0 Å². The molecule has 1 aromatic rings. The van der Waals surface area contributed by atoms with Gasteiger partial charge >= 0.3 is 5.97 Å². The molecule has 3 heterocycles. The van der Waals surface area contributed by atoms with Crippen LogP contribution in [0.15, 0.2) is 18.3 Å². The minimum Gasteiger partial charge on any atom is -0.462 e. The van der Waals surface area contributed by atoms with Gasteiger partial charge < -0.3 is 9.64 Å². The molecule has 2 aliphatic rings. The highest BCUT2D eigenvalue weighted by Crippen LogP contribution is 2.22. The van der Waals surface area contributed by atoms with Crippen LogP contribution in [0, 0.1) is 6.92 Å². The van der Waals surface area contributed by atoms with Crippen molar-refractivity contribution in [2.75, 3.05) is 37.7 Å². The van der Waals surface area contributed by atoms with Gasteiger partial charge in [0, 0.05) is 38.4 Å². The van der Waals surface area contributed by atoms with Crippen LogP contribution in [0.1, 0.15) is 29.4 Å². The van der Waals surface area contributed by atoms with Crippen molar-refractivity contribution in [3.63, 3.8) is 0 Å². The second kappa shape index (κ2) is 6.44. The first kappa shape index (κ1) is 15.0. The molecule has 6 nitrogen and oxygen atoms in total. The Kier molecular flexibility index (Phi) is 4.38. The first-order valence-corrected chi connectivity index (χ1v) is 7.83. The van der Waals surface area contributed by atoms with E-state index in [1.165, 1.54) is 0 Å². The molecule has 1 atom stereocenters. The summed E-state index contributed by atoms with van der Waals surface area (Å²) in [7, 11) is 0. The first-order valence-electron chi connectivity index (χ1n) is 7.83. The zero-order valence-electron chi connectivity index (χ0n) is 13.2. The summed E-state index contributed by atoms with van der Waals surface area (Å²) in [6.45, 7) is 7.97. The second-order valence-corrected chi connectivity index (χ2v) is 5.70. The maximum absolute atomic E-state index is 11.8. The lowest BCUT2D eigenvalue weighted by Gasteiger charge is -2.23. The smallest absolute Gasteiger partial charge is 0.341 e. The predicted molar refractivity (Wildman–Crippen MR) is 84.1 cm³/mol. The summed E-state index contributed by atoms with van der Waals surface area (Å²) in [6.07, 6.45) is 7.15. The number of ether oxygens (including phenoxy) is 1. The minimum atomic E-state index is -0.353. The first-order chi connectivity index (χ1) is 10.7. The van der Waals surface area contributed by atoms with E-state index in [1.54, 1.807) is 13.1 Å². The average molecular weight is 302 g/mol. The van der Waals surface area contributed by atoms with Crippen molar-refractivity contribution < 1.29 is 9.53 Å². The van der Waals surface area contributed by atoms with Gasteiger partial charge in [-0.3, -0.25) is 4.90 Å². The molecule has 0 aromatic carbocycles. The molecule has 0 N–H and O–H groups in total. The Morgan fingerprint density at radius 2 is 2.18 bits per heavy atom. The quantitative estimate of drug-likeness (QED) is 0.619. The molecule has 22 heavy (non-hydrogen) atoms. The van der Waals surface area contributed by atoms with Gasteiger partial charge in [-0.15, -0.1) is 0 Å². The normalized spacial score (nSPS) is 21.5. The summed E-state index contributed by atoms with van der Waals surface area (Å²) >= 11 is 0. The fraction of sp³-hybridized carbons (Fsp3) is 0.562. The Bertz CT molecular complexity index is 580. The summed E-state index contributed by atoms with van der Waals surface area (Å²) < 4.78 is 5.01. The molecule has 0 saturated carbocycles. The topological polar surface area (TPSA) is 58.6 Å². The molecule has 118 valence electrons. The lowest BCUT2D eigenvalue weighted by molar-refractivity contribution is 0.0524. The van der Waals surface area contributed by atoms with Crippen molar-refractivity contribution in [2.45, 2.75) is 26.3 Å². The third kappa shape index (κ3) is 2.97. The number of carbonyl (C=O) groups excluding carboxylic acids is 1. The van der Waals surface area contributed by atoms with E-state index in [9.17, 15) is 4.79 Å². The van der Waals surface area contributed by atoms with Crippen molar-refractivity contribution >= 4 is 11.9 Å². The summed E-state index contributed by atoms with van der Waals surface area (Å²) in [6, 6.07) is 0.559. The van der Waals surface area contributed by atoms with Gasteiger partial charge in [0.05, 0.1) is 17.9 Å². The van der Waals surface area contributed by atoms with E-state index in [2.05, 4.69) is 31.9 Å². The SMILES string of the molecule is CCOC(=O)c1cnc(N2CCC(N3CC=CC3)C2)nc1C. The number of aromatic nitrogens is 2. The van der Waals surface area contributed by atoms with E-state index < -0.39 is 0 Å². The largest absolute Gasteiger partial charge is 0.462 e. The van der Waals surface area contributed by atoms with E-state index in [1.807, 2.05) is 6.92 Å². The van der Waals surface area contributed by atoms with Gasteiger partial charge in [0.2, 0.25) is 5.95 Å². The highest BCUT2D eigenvalue weighted by molar-refractivity contribution is 5.90. The number of rotatable bonds is 4. The zero-order chi connectivity index (χ0) is 15.5. The molecule has 1 saturated heterocycles. The van der Waals surface area contributed by atoms with Crippen LogP contribution >= 0.6 is 0 Å². The van der Waals surface area contributed by atoms with Gasteiger partial charge in [0.15, 0.2) is 0 Å². The highest BCUT2D eigenvalue weighted by Gasteiger charge is 2.29. The van der Waals surface area contributed by atoms with Crippen molar-refractivity contribution in [2.24, 2.45) is 0 Å². The monoisotopic (exact) mass is 302 g/mol. The fourth-order valence-corrected chi connectivity index (χ4v) is 3.03. The molecule has 6 heteroatoms. The van der Waals surface area contributed by atoms with Crippen LogP contribution in [0.3, 0.4) is 0 Å². The van der Waals surface area contributed by atoms with E-state index in [0.29, 0.717) is 29.9 Å². The molecule has 0 spiro atoms. The number of hydrogen-bond acceptors (Lipinski definition) is 6. The fourth-order valence-electron chi connectivity index (χ4n) is 3.03. The maximum atomic E-state index is 11.8. The van der Waals surface area contributed by atoms with Crippen LogP contribution in [0.4, 0.5) is 5.95 Å². The van der Waals surface area contributed by atoms with Crippen molar-refractivity contribution in [3.8, 4) is 0 Å². The lowest BCUT2D eigenvalue weighted by Crippen LogP contribution is -2.36. The highest BCUT2D eigenvalue weighted by atomic mass is 16.5. The van der Waals surface area contributed by atoms with Gasteiger partial charge in [-0.05, 0) is 20.3 Å². The number of hydrogen-bond donors (Lipinski definition) is 0. The summed E-state index contributed by atoms with van der Waals surface area (Å²) in [5.74, 6) is 0.356. The van der Waals surface area contributed by atoms with Crippen molar-refractivity contribution in [3.05, 3.63) is 29.6 Å². The average Bonchev–Trinajstić information content (AvgIpc) is 3.18. The summed E-state index contributed by atoms with van der Waals surface area (Å²) in [4.78, 5) is 25.3. The molecule has 3 rings (SSSR count). The van der Waals surface area contributed by atoms with E-state index in [0.717, 1.165) is 32.6 Å². The number of nitrogens with zero attached hydrogens (tertiary/aromatic N) is 4. The van der Waals surface area contributed by atoms with E-state index in [4.69, 9.17) is 4.74 Å². The molecule has 1 aromatic heterocycles. The van der Waals surface area contributed by atoms with Crippen molar-refractivity contribution in [1.82, 2.24) is 14.9 Å². The van der Waals surface area contributed by atoms with Crippen LogP contribution < -0.4 is 4.90 Å². The Hall–Kier alpha value is -1.95. The Labute approximate surface area is 130 Å². The third-order valence-corrected chi connectivity index (χ3v) is 4.27. The lowest BCUT2D eigenvalue weighted by atomic mass is 10.2. The standard InChI is InChI=1S/C16H22N4O2/c1-3-22-15(21)14-10-17-16(18-12(14)2)20-9-6-13(11-20)19-7-4-5-8-19/h4-5,10,13H,3,6-9,11H2,1-2H3. The van der Waals surface area contributed by atoms with Gasteiger partial charge in [-0.25, -0.2) is 14.8 Å². The Morgan fingerprint density at radius 1 is 1.41 bits per heavy atom. The molecule has 0 bridgehead atoms. The summed E-state index contributed by atoms with van der Waals surface area (Å²) in [5.41, 5.74) is 1.12. The van der Waals surface area contributed by atoms with Crippen LogP contribution in [-0.4, -0.2) is 59.7 Å². The van der Waals surface area contributed by atoms with E-state index >= 15 is 0 Å². The van der Waals surface area contributed by atoms with Crippen LogP contribution in [0.2, 0.25) is 0 Å². The molecular formula is C16H22N4O2. The third-order valence-electron chi connectivity index (χ3n) is 4.27. The van der Waals surface area contributed by atoms with Crippen LogP contribution in [0.25, 0.3) is 0 Å². The Morgan fingerprint density at radius 3 is 2.86 bits per heavy atom. The number of esters is 1. The van der Waals surface area contributed by atoms with Gasteiger partial charge in [0.1, 0.15) is 0 Å². The Balaban J connectivity index is 1.68. The predicted octanol–water partition coefficient (Wildman–Crippen LogP) is 1.41. The molecule has 2 aliphatic heterocycles. The molecule has 1 unspecified atom stereocenters. The molecule has 0 amide bonds. The van der Waals surface area contributed by atoms with Gasteiger partial charge in [0.25, 0.3) is 0 Å². The van der Waals surface area contributed by atoms with Gasteiger partial charge in [-0.2, -0.15) is 0 Å². The summed E-state index contributed by atoms with van der Waals surface area (Å²) in [5, 5.41) is 0.